The number of rotatable bonds is 3. The zero-order valence-corrected chi connectivity index (χ0v) is 12.7. The zero-order chi connectivity index (χ0) is 15.0. The Bertz CT molecular complexity index is 630. The molecule has 21 heavy (non-hydrogen) atoms. The quantitative estimate of drug-likeness (QED) is 0.667. The standard InChI is InChI=1S/C19H21FO/c1-3-8-17(20)15(4-2)19-12-16(19)14-10-7-5-6-9-13(14)11-18(19)21/h3,5,7-10,16H,4,6,11-12H2,1-2H3/b8-3-,17-15-. The van der Waals surface area contributed by atoms with Gasteiger partial charge in [-0.2, -0.15) is 0 Å². The Labute approximate surface area is 125 Å². The van der Waals surface area contributed by atoms with Crippen LogP contribution in [0.2, 0.25) is 0 Å². The lowest BCUT2D eigenvalue weighted by Crippen LogP contribution is -2.27. The molecule has 0 heterocycles. The minimum absolute atomic E-state index is 0.179. The summed E-state index contributed by atoms with van der Waals surface area (Å²) >= 11 is 0. The van der Waals surface area contributed by atoms with E-state index in [-0.39, 0.29) is 17.5 Å². The van der Waals surface area contributed by atoms with E-state index in [0.29, 0.717) is 18.4 Å². The molecule has 3 aliphatic rings. The van der Waals surface area contributed by atoms with Crippen molar-refractivity contribution >= 4 is 5.78 Å². The fourth-order valence-corrected chi connectivity index (χ4v) is 3.92. The lowest BCUT2D eigenvalue weighted by atomic mass is 9.75. The first-order valence-corrected chi connectivity index (χ1v) is 7.76. The minimum atomic E-state index is -0.556. The second kappa shape index (κ2) is 5.25. The van der Waals surface area contributed by atoms with Gasteiger partial charge in [-0.25, -0.2) is 4.39 Å². The number of Topliss-reactive ketones (excluding diaryl/α,β-unsaturated/α-hetero) is 1. The highest BCUT2D eigenvalue weighted by atomic mass is 19.1. The maximum Gasteiger partial charge on any atom is 0.148 e. The number of halogens is 1. The van der Waals surface area contributed by atoms with E-state index in [2.05, 4.69) is 24.3 Å². The highest BCUT2D eigenvalue weighted by molar-refractivity contribution is 5.97. The SMILES string of the molecule is C/C=C\C(F)=C(/CC)C12CC1C1=CC=CCC=C1CC2=O. The predicted octanol–water partition coefficient (Wildman–Crippen LogP) is 4.99. The van der Waals surface area contributed by atoms with Gasteiger partial charge in [0.15, 0.2) is 0 Å². The number of carbonyl (C=O) groups is 1. The van der Waals surface area contributed by atoms with Crippen LogP contribution in [0.4, 0.5) is 4.39 Å². The lowest BCUT2D eigenvalue weighted by molar-refractivity contribution is -0.123. The van der Waals surface area contributed by atoms with Crippen molar-refractivity contribution in [1.82, 2.24) is 0 Å². The van der Waals surface area contributed by atoms with Crippen molar-refractivity contribution in [3.05, 3.63) is 59.0 Å². The molecule has 2 saturated carbocycles. The first-order valence-electron chi connectivity index (χ1n) is 7.76. The summed E-state index contributed by atoms with van der Waals surface area (Å²) < 4.78 is 14.4. The third-order valence-corrected chi connectivity index (χ3v) is 4.96. The minimum Gasteiger partial charge on any atom is -0.298 e. The molecule has 2 unspecified atom stereocenters. The van der Waals surface area contributed by atoms with Crippen LogP contribution in [0, 0.1) is 11.3 Å². The van der Waals surface area contributed by atoms with Crippen molar-refractivity contribution in [2.45, 2.75) is 39.5 Å². The van der Waals surface area contributed by atoms with Crippen LogP contribution in [0.25, 0.3) is 0 Å². The summed E-state index contributed by atoms with van der Waals surface area (Å²) in [5.74, 6) is 0.168. The molecule has 0 aromatic carbocycles. The van der Waals surface area contributed by atoms with E-state index in [0.717, 1.165) is 18.4 Å². The highest BCUT2D eigenvalue weighted by Gasteiger charge is 2.65. The fraction of sp³-hybridized carbons (Fsp3) is 0.421. The van der Waals surface area contributed by atoms with E-state index in [1.54, 1.807) is 13.0 Å². The van der Waals surface area contributed by atoms with E-state index in [4.69, 9.17) is 0 Å². The van der Waals surface area contributed by atoms with Crippen molar-refractivity contribution in [1.29, 1.82) is 0 Å². The molecule has 2 heteroatoms. The molecule has 3 aliphatic carbocycles. The second-order valence-electron chi connectivity index (χ2n) is 6.02. The Kier molecular flexibility index (Phi) is 3.56. The van der Waals surface area contributed by atoms with Crippen LogP contribution >= 0.6 is 0 Å². The lowest BCUT2D eigenvalue weighted by Gasteiger charge is -2.27. The van der Waals surface area contributed by atoms with Gasteiger partial charge in [0.25, 0.3) is 0 Å². The maximum atomic E-state index is 14.4. The van der Waals surface area contributed by atoms with Gasteiger partial charge in [-0.05, 0) is 49.0 Å². The Morgan fingerprint density at radius 1 is 1.52 bits per heavy atom. The molecule has 0 spiro atoms. The molecule has 1 nitrogen and oxygen atoms in total. The number of fused-ring (bicyclic) bond motifs is 3. The molecule has 3 rings (SSSR count). The molecule has 110 valence electrons. The van der Waals surface area contributed by atoms with Crippen LogP contribution in [0.15, 0.2) is 59.0 Å². The Morgan fingerprint density at radius 2 is 2.33 bits per heavy atom. The summed E-state index contributed by atoms with van der Waals surface area (Å²) in [7, 11) is 0. The molecule has 0 saturated heterocycles. The Morgan fingerprint density at radius 3 is 3.05 bits per heavy atom. The number of ketones is 1. The van der Waals surface area contributed by atoms with E-state index >= 15 is 0 Å². The molecule has 0 aliphatic heterocycles. The molecule has 2 fully saturated rings. The van der Waals surface area contributed by atoms with Crippen LogP contribution in [-0.2, 0) is 4.79 Å². The first kappa shape index (κ1) is 14.2. The van der Waals surface area contributed by atoms with Crippen LogP contribution in [0.3, 0.4) is 0 Å². The van der Waals surface area contributed by atoms with Gasteiger partial charge < -0.3 is 0 Å². The maximum absolute atomic E-state index is 14.4. The van der Waals surface area contributed by atoms with Gasteiger partial charge in [0, 0.05) is 12.3 Å². The molecule has 0 aromatic rings. The van der Waals surface area contributed by atoms with Crippen LogP contribution in [0.5, 0.6) is 0 Å². The van der Waals surface area contributed by atoms with Gasteiger partial charge in [-0.1, -0.05) is 37.3 Å². The van der Waals surface area contributed by atoms with Crippen LogP contribution < -0.4 is 0 Å². The Balaban J connectivity index is 2.05. The van der Waals surface area contributed by atoms with Crippen molar-refractivity contribution in [3.63, 3.8) is 0 Å². The molecular weight excluding hydrogens is 263 g/mol. The topological polar surface area (TPSA) is 17.1 Å². The van der Waals surface area contributed by atoms with E-state index < -0.39 is 5.41 Å². The van der Waals surface area contributed by atoms with Crippen LogP contribution in [0.1, 0.15) is 39.5 Å². The largest absolute Gasteiger partial charge is 0.298 e. The number of carbonyl (C=O) groups excluding carboxylic acids is 1. The van der Waals surface area contributed by atoms with E-state index in [9.17, 15) is 9.18 Å². The molecule has 0 N–H and O–H groups in total. The van der Waals surface area contributed by atoms with Crippen molar-refractivity contribution in [2.75, 3.05) is 0 Å². The van der Waals surface area contributed by atoms with E-state index in [1.165, 1.54) is 11.6 Å². The molecular formula is C19H21FO. The van der Waals surface area contributed by atoms with Gasteiger partial charge in [0.05, 0.1) is 5.41 Å². The average molecular weight is 284 g/mol. The molecule has 2 atom stereocenters. The summed E-state index contributed by atoms with van der Waals surface area (Å²) in [6.07, 6.45) is 14.3. The van der Waals surface area contributed by atoms with Gasteiger partial charge >= 0.3 is 0 Å². The van der Waals surface area contributed by atoms with Gasteiger partial charge in [-0.15, -0.1) is 0 Å². The number of hydrogen-bond acceptors (Lipinski definition) is 1. The van der Waals surface area contributed by atoms with E-state index in [1.807, 2.05) is 6.92 Å². The fourth-order valence-electron chi connectivity index (χ4n) is 3.92. The Hall–Kier alpha value is -1.70. The summed E-state index contributed by atoms with van der Waals surface area (Å²) in [6.45, 7) is 3.75. The third kappa shape index (κ3) is 2.08. The molecule has 0 amide bonds. The van der Waals surface area contributed by atoms with Crippen molar-refractivity contribution in [2.24, 2.45) is 11.3 Å². The smallest absolute Gasteiger partial charge is 0.148 e. The second-order valence-corrected chi connectivity index (χ2v) is 6.02. The molecule has 0 aromatic heterocycles. The van der Waals surface area contributed by atoms with Gasteiger partial charge in [-0.3, -0.25) is 4.79 Å². The third-order valence-electron chi connectivity index (χ3n) is 4.96. The van der Waals surface area contributed by atoms with Crippen LogP contribution in [-0.4, -0.2) is 5.78 Å². The molecule has 0 bridgehead atoms. The predicted molar refractivity (Wildman–Crippen MR) is 83.3 cm³/mol. The molecule has 0 radical (unpaired) electrons. The van der Waals surface area contributed by atoms with Gasteiger partial charge in [0.2, 0.25) is 0 Å². The monoisotopic (exact) mass is 284 g/mol. The van der Waals surface area contributed by atoms with Crippen molar-refractivity contribution in [3.8, 4) is 0 Å². The average Bonchev–Trinajstić information content (AvgIpc) is 3.20. The summed E-state index contributed by atoms with van der Waals surface area (Å²) in [5, 5.41) is 0. The highest BCUT2D eigenvalue weighted by Crippen LogP contribution is 2.67. The first-order chi connectivity index (χ1) is 10.1. The normalized spacial score (nSPS) is 32.0. The summed E-state index contributed by atoms with van der Waals surface area (Å²) in [4.78, 5) is 12.7. The number of allylic oxidation sites excluding steroid dienone is 10. The zero-order valence-electron chi connectivity index (χ0n) is 12.7. The number of hydrogen-bond donors (Lipinski definition) is 0. The van der Waals surface area contributed by atoms with Gasteiger partial charge in [0.1, 0.15) is 11.6 Å². The summed E-state index contributed by atoms with van der Waals surface area (Å²) in [6, 6.07) is 0. The van der Waals surface area contributed by atoms with Crippen molar-refractivity contribution < 1.29 is 9.18 Å². The summed E-state index contributed by atoms with van der Waals surface area (Å²) in [5.41, 5.74) is 2.55.